The smallest absolute Gasteiger partial charge is 0.337 e. The van der Waals surface area contributed by atoms with Gasteiger partial charge in [-0.3, -0.25) is 0 Å². The van der Waals surface area contributed by atoms with Crippen LogP contribution in [0.15, 0.2) is 18.2 Å². The lowest BCUT2D eigenvalue weighted by molar-refractivity contribution is 0.0600. The van der Waals surface area contributed by atoms with Crippen molar-refractivity contribution in [2.24, 2.45) is 0 Å². The van der Waals surface area contributed by atoms with Crippen LogP contribution in [0, 0.1) is 6.92 Å². The zero-order chi connectivity index (χ0) is 12.6. The fourth-order valence-electron chi connectivity index (χ4n) is 1.69. The maximum atomic E-state index is 12.6. The molecule has 0 amide bonds. The SMILES string of the molecule is COC(=O)c1ccc2c(c1)c(C)nn2C(F)F. The van der Waals surface area contributed by atoms with Crippen LogP contribution in [0.4, 0.5) is 8.78 Å². The number of rotatable bonds is 2. The number of carbonyl (C=O) groups excluding carboxylic acids is 1. The van der Waals surface area contributed by atoms with E-state index in [1.807, 2.05) is 0 Å². The first-order valence-electron chi connectivity index (χ1n) is 4.90. The van der Waals surface area contributed by atoms with Gasteiger partial charge in [0.25, 0.3) is 0 Å². The lowest BCUT2D eigenvalue weighted by atomic mass is 10.1. The predicted molar refractivity (Wildman–Crippen MR) is 57.1 cm³/mol. The van der Waals surface area contributed by atoms with E-state index in [0.29, 0.717) is 26.8 Å². The highest BCUT2D eigenvalue weighted by Gasteiger charge is 2.16. The van der Waals surface area contributed by atoms with E-state index in [1.54, 1.807) is 6.92 Å². The van der Waals surface area contributed by atoms with Gasteiger partial charge in [-0.1, -0.05) is 0 Å². The largest absolute Gasteiger partial charge is 0.465 e. The molecule has 0 N–H and O–H groups in total. The number of carbonyl (C=O) groups is 1. The molecule has 17 heavy (non-hydrogen) atoms. The lowest BCUT2D eigenvalue weighted by Gasteiger charge is -2.02. The summed E-state index contributed by atoms with van der Waals surface area (Å²) in [6.07, 6.45) is 0. The van der Waals surface area contributed by atoms with Crippen molar-refractivity contribution >= 4 is 16.9 Å². The number of halogens is 2. The van der Waals surface area contributed by atoms with E-state index < -0.39 is 12.5 Å². The number of benzene rings is 1. The Morgan fingerprint density at radius 2 is 2.18 bits per heavy atom. The summed E-state index contributed by atoms with van der Waals surface area (Å²) in [7, 11) is 1.27. The summed E-state index contributed by atoms with van der Waals surface area (Å²) in [4.78, 5) is 11.3. The van der Waals surface area contributed by atoms with Crippen LogP contribution in [0.25, 0.3) is 10.9 Å². The Balaban J connectivity index is 2.63. The van der Waals surface area contributed by atoms with E-state index in [4.69, 9.17) is 0 Å². The number of methoxy groups -OCH3 is 1. The molecule has 6 heteroatoms. The Hall–Kier alpha value is -1.98. The van der Waals surface area contributed by atoms with Gasteiger partial charge < -0.3 is 4.74 Å². The molecule has 0 unspecified atom stereocenters. The van der Waals surface area contributed by atoms with Crippen molar-refractivity contribution in [1.29, 1.82) is 0 Å². The van der Waals surface area contributed by atoms with Crippen molar-refractivity contribution in [3.8, 4) is 0 Å². The molecule has 0 aliphatic carbocycles. The zero-order valence-corrected chi connectivity index (χ0v) is 9.28. The van der Waals surface area contributed by atoms with Gasteiger partial charge in [0.1, 0.15) is 0 Å². The third-order valence-corrected chi connectivity index (χ3v) is 2.50. The number of hydrogen-bond acceptors (Lipinski definition) is 3. The number of esters is 1. The van der Waals surface area contributed by atoms with Crippen molar-refractivity contribution in [2.75, 3.05) is 7.11 Å². The first-order valence-corrected chi connectivity index (χ1v) is 4.90. The highest BCUT2D eigenvalue weighted by atomic mass is 19.3. The van der Waals surface area contributed by atoms with Gasteiger partial charge in [0.2, 0.25) is 0 Å². The normalized spacial score (nSPS) is 11.1. The Morgan fingerprint density at radius 1 is 1.47 bits per heavy atom. The van der Waals surface area contributed by atoms with E-state index in [1.165, 1.54) is 25.3 Å². The first-order chi connectivity index (χ1) is 8.04. The maximum Gasteiger partial charge on any atom is 0.337 e. The van der Waals surface area contributed by atoms with Gasteiger partial charge in [0, 0.05) is 5.39 Å². The van der Waals surface area contributed by atoms with E-state index >= 15 is 0 Å². The molecule has 0 atom stereocenters. The standard InChI is InChI=1S/C11H10F2N2O2/c1-6-8-5-7(10(16)17-2)3-4-9(8)15(14-6)11(12)13/h3-5,11H,1-2H3. The quantitative estimate of drug-likeness (QED) is 0.757. The molecular formula is C11H10F2N2O2. The number of aryl methyl sites for hydroxylation is 1. The summed E-state index contributed by atoms with van der Waals surface area (Å²) in [6.45, 7) is -1.09. The molecule has 0 saturated carbocycles. The molecule has 0 radical (unpaired) electrons. The molecule has 2 rings (SSSR count). The minimum absolute atomic E-state index is 0.296. The number of ether oxygens (including phenoxy) is 1. The predicted octanol–water partition coefficient (Wildman–Crippen LogP) is 2.53. The van der Waals surface area contributed by atoms with Crippen LogP contribution in [0.2, 0.25) is 0 Å². The van der Waals surface area contributed by atoms with Gasteiger partial charge in [-0.05, 0) is 25.1 Å². The van der Waals surface area contributed by atoms with Gasteiger partial charge in [-0.2, -0.15) is 13.9 Å². The van der Waals surface area contributed by atoms with Crippen LogP contribution in [-0.4, -0.2) is 22.9 Å². The fourth-order valence-corrected chi connectivity index (χ4v) is 1.69. The average Bonchev–Trinajstić information content (AvgIpc) is 2.65. The minimum atomic E-state index is -2.70. The van der Waals surface area contributed by atoms with Crippen LogP contribution in [0.1, 0.15) is 22.6 Å². The molecule has 90 valence electrons. The summed E-state index contributed by atoms with van der Waals surface area (Å²) in [5.74, 6) is -0.504. The molecule has 1 aromatic heterocycles. The van der Waals surface area contributed by atoms with Gasteiger partial charge in [0.15, 0.2) is 0 Å². The summed E-state index contributed by atoms with van der Waals surface area (Å²) in [5, 5.41) is 4.25. The van der Waals surface area contributed by atoms with Crippen LogP contribution < -0.4 is 0 Å². The van der Waals surface area contributed by atoms with E-state index in [2.05, 4.69) is 9.84 Å². The van der Waals surface area contributed by atoms with Gasteiger partial charge >= 0.3 is 12.5 Å². The summed E-state index contributed by atoms with van der Waals surface area (Å²) < 4.78 is 30.5. The lowest BCUT2D eigenvalue weighted by Crippen LogP contribution is -2.02. The van der Waals surface area contributed by atoms with E-state index in [9.17, 15) is 13.6 Å². The molecule has 2 aromatic rings. The van der Waals surface area contributed by atoms with Crippen LogP contribution in [0.3, 0.4) is 0 Å². The summed E-state index contributed by atoms with van der Waals surface area (Å²) in [6, 6.07) is 4.38. The van der Waals surface area contributed by atoms with Crippen LogP contribution >= 0.6 is 0 Å². The molecule has 0 bridgehead atoms. The van der Waals surface area contributed by atoms with Crippen molar-refractivity contribution in [3.63, 3.8) is 0 Å². The highest BCUT2D eigenvalue weighted by molar-refractivity contribution is 5.95. The molecule has 4 nitrogen and oxygen atoms in total. The van der Waals surface area contributed by atoms with E-state index in [0.717, 1.165) is 0 Å². The third-order valence-electron chi connectivity index (χ3n) is 2.50. The number of fused-ring (bicyclic) bond motifs is 1. The van der Waals surface area contributed by atoms with Crippen molar-refractivity contribution in [2.45, 2.75) is 13.5 Å². The van der Waals surface area contributed by atoms with Crippen molar-refractivity contribution in [1.82, 2.24) is 9.78 Å². The highest BCUT2D eigenvalue weighted by Crippen LogP contribution is 2.24. The van der Waals surface area contributed by atoms with Crippen molar-refractivity contribution < 1.29 is 18.3 Å². The molecule has 0 aliphatic heterocycles. The molecule has 0 fully saturated rings. The second-order valence-electron chi connectivity index (χ2n) is 3.53. The van der Waals surface area contributed by atoms with E-state index in [-0.39, 0.29) is 0 Å². The Morgan fingerprint density at radius 3 is 2.76 bits per heavy atom. The molecular weight excluding hydrogens is 230 g/mol. The topological polar surface area (TPSA) is 44.1 Å². The second-order valence-corrected chi connectivity index (χ2v) is 3.53. The first kappa shape index (κ1) is 11.5. The Bertz CT molecular complexity index is 578. The van der Waals surface area contributed by atoms with Gasteiger partial charge in [-0.15, -0.1) is 0 Å². The van der Waals surface area contributed by atoms with Gasteiger partial charge in [0.05, 0.1) is 23.9 Å². The van der Waals surface area contributed by atoms with Gasteiger partial charge in [-0.25, -0.2) is 9.48 Å². The minimum Gasteiger partial charge on any atom is -0.465 e. The monoisotopic (exact) mass is 240 g/mol. The molecule has 1 heterocycles. The number of hydrogen-bond donors (Lipinski definition) is 0. The Kier molecular flexibility index (Phi) is 2.79. The summed E-state index contributed by atoms with van der Waals surface area (Å²) in [5.41, 5.74) is 1.06. The van der Waals surface area contributed by atoms with Crippen LogP contribution in [-0.2, 0) is 4.74 Å². The molecule has 0 aliphatic rings. The number of nitrogens with zero attached hydrogens (tertiary/aromatic N) is 2. The second kappa shape index (κ2) is 4.12. The maximum absolute atomic E-state index is 12.6. The average molecular weight is 240 g/mol. The molecule has 1 aromatic carbocycles. The molecule has 0 spiro atoms. The van der Waals surface area contributed by atoms with Crippen LogP contribution in [0.5, 0.6) is 0 Å². The third kappa shape index (κ3) is 1.86. The number of aromatic nitrogens is 2. The summed E-state index contributed by atoms with van der Waals surface area (Å²) >= 11 is 0. The number of alkyl halides is 2. The van der Waals surface area contributed by atoms with Crippen molar-refractivity contribution in [3.05, 3.63) is 29.5 Å². The Labute approximate surface area is 95.8 Å². The zero-order valence-electron chi connectivity index (χ0n) is 9.28. The fraction of sp³-hybridized carbons (Fsp3) is 0.273. The molecule has 0 saturated heterocycles.